The first-order valence-electron chi connectivity index (χ1n) is 8.64. The lowest BCUT2D eigenvalue weighted by Gasteiger charge is -2.05. The summed E-state index contributed by atoms with van der Waals surface area (Å²) in [4.78, 5) is 68.3. The van der Waals surface area contributed by atoms with Crippen LogP contribution >= 0.6 is 0 Å². The van der Waals surface area contributed by atoms with Crippen molar-refractivity contribution in [1.29, 1.82) is 0 Å². The van der Waals surface area contributed by atoms with E-state index in [-0.39, 0.29) is 76.5 Å². The second-order valence-electron chi connectivity index (χ2n) is 5.65. The van der Waals surface area contributed by atoms with Gasteiger partial charge in [0.25, 0.3) is 0 Å². The molecule has 0 saturated heterocycles. The molecule has 0 unspecified atom stereocenters. The van der Waals surface area contributed by atoms with Gasteiger partial charge in [-0.05, 0) is 34.6 Å². The van der Waals surface area contributed by atoms with Crippen LogP contribution < -0.4 is 0 Å². The molecular formula is C22H40O12. The molecule has 34 heavy (non-hydrogen) atoms. The van der Waals surface area contributed by atoms with Gasteiger partial charge in [-0.25, -0.2) is 9.59 Å². The number of hydrogen-bond donors (Lipinski definition) is 1. The average molecular weight is 497 g/mol. The Balaban J connectivity index is -0.0000000660. The van der Waals surface area contributed by atoms with Gasteiger partial charge in [-0.1, -0.05) is 28.0 Å². The van der Waals surface area contributed by atoms with Crippen molar-refractivity contribution >= 4 is 35.6 Å². The molecule has 12 heteroatoms. The lowest BCUT2D eigenvalue weighted by atomic mass is 10.3. The Bertz CT molecular complexity index is 640. The maximum Gasteiger partial charge on any atom is 0.373 e. The average Bonchev–Trinajstić information content (AvgIpc) is 2.63. The zero-order valence-electron chi connectivity index (χ0n) is 19.0. The smallest absolute Gasteiger partial charge is 0.373 e. The van der Waals surface area contributed by atoms with Crippen LogP contribution in [0.2, 0.25) is 0 Å². The Morgan fingerprint density at radius 2 is 1.03 bits per heavy atom. The number of carbonyl (C=O) groups excluding carboxylic acids is 7. The fraction of sp³-hybridized carbons (Fsp3) is 0.545. The van der Waals surface area contributed by atoms with Crippen LogP contribution in [-0.4, -0.2) is 72.6 Å². The minimum Gasteiger partial charge on any atom is -0.462 e. The number of esters is 3. The van der Waals surface area contributed by atoms with Crippen LogP contribution in [0.25, 0.3) is 0 Å². The van der Waals surface area contributed by atoms with Gasteiger partial charge in [0, 0.05) is 11.1 Å². The molecule has 0 aromatic carbocycles. The Morgan fingerprint density at radius 3 is 1.29 bits per heavy atom. The van der Waals surface area contributed by atoms with Crippen LogP contribution in [0.4, 0.5) is 0 Å². The Hall–Kier alpha value is -3.47. The highest BCUT2D eigenvalue weighted by molar-refractivity contribution is 5.94. The molecule has 3 N–H and O–H groups in total. The number of Topliss-reactive ketones (excluding diaryl/α,β-unsaturated/α-hetero) is 2. The van der Waals surface area contributed by atoms with Crippen molar-refractivity contribution in [3.05, 3.63) is 24.3 Å². The monoisotopic (exact) mass is 496 g/mol. The molecular weight excluding hydrogens is 456 g/mol. The molecule has 0 aromatic heterocycles. The molecule has 0 spiro atoms. The molecule has 0 aliphatic heterocycles. The number of carbonyl (C=O) groups is 5. The van der Waals surface area contributed by atoms with Crippen LogP contribution in [-0.2, 0) is 47.8 Å². The molecule has 0 radical (unpaired) electrons. The van der Waals surface area contributed by atoms with Gasteiger partial charge in [-0.15, -0.1) is 0 Å². The van der Waals surface area contributed by atoms with E-state index in [1.807, 2.05) is 0 Å². The van der Waals surface area contributed by atoms with Crippen molar-refractivity contribution in [3.63, 3.8) is 0 Å². The number of ketones is 2. The Labute approximate surface area is 201 Å². The highest BCUT2D eigenvalue weighted by atomic mass is 16.6. The van der Waals surface area contributed by atoms with Gasteiger partial charge in [0.05, 0.1) is 6.61 Å². The van der Waals surface area contributed by atoms with Crippen molar-refractivity contribution in [1.82, 2.24) is 0 Å². The van der Waals surface area contributed by atoms with Crippen LogP contribution in [0.1, 0.15) is 55.9 Å². The molecule has 0 saturated carbocycles. The zero-order chi connectivity index (χ0) is 25.4. The maximum atomic E-state index is 10.8. The van der Waals surface area contributed by atoms with Gasteiger partial charge in [0.15, 0.2) is 0 Å². The first-order valence-corrected chi connectivity index (χ1v) is 8.64. The summed E-state index contributed by atoms with van der Waals surface area (Å²) in [6, 6.07) is 0. The number of rotatable bonds is 9. The summed E-state index contributed by atoms with van der Waals surface area (Å²) in [7, 11) is 0. The molecule has 0 heterocycles. The van der Waals surface area contributed by atoms with E-state index in [2.05, 4.69) is 27.4 Å². The molecule has 0 rings (SSSR count). The third kappa shape index (κ3) is 56.7. The maximum absolute atomic E-state index is 10.8. The van der Waals surface area contributed by atoms with Crippen LogP contribution in [0.15, 0.2) is 24.3 Å². The molecule has 0 amide bonds. The van der Waals surface area contributed by atoms with Crippen molar-refractivity contribution in [2.75, 3.05) is 26.4 Å². The molecule has 0 atom stereocenters. The fourth-order valence-electron chi connectivity index (χ4n) is 0.929. The number of hydrogen-bond acceptors (Lipinski definition) is 11. The van der Waals surface area contributed by atoms with E-state index < -0.39 is 17.9 Å². The van der Waals surface area contributed by atoms with E-state index in [0.717, 1.165) is 0 Å². The van der Waals surface area contributed by atoms with Crippen LogP contribution in [0, 0.1) is 0 Å². The second kappa shape index (κ2) is 34.2. The fourth-order valence-corrected chi connectivity index (χ4v) is 0.929. The SMILES string of the molecule is C.C.C=C(C)C(=O)OCCO.C=C(C)C(=O)OCCOC(=O)CC(C)=O.CC(C)=O.O.O=C=O. The largest absolute Gasteiger partial charge is 0.462 e. The summed E-state index contributed by atoms with van der Waals surface area (Å²) in [6.45, 7) is 14.0. The summed E-state index contributed by atoms with van der Waals surface area (Å²) in [5.74, 6) is -1.70. The van der Waals surface area contributed by atoms with Gasteiger partial charge in [0.1, 0.15) is 37.8 Å². The summed E-state index contributed by atoms with van der Waals surface area (Å²) >= 11 is 0. The minimum absolute atomic E-state index is 0. The molecule has 0 aliphatic carbocycles. The molecule has 200 valence electrons. The molecule has 0 aliphatic rings. The third-order valence-electron chi connectivity index (χ3n) is 1.99. The highest BCUT2D eigenvalue weighted by Crippen LogP contribution is 1.93. The molecule has 12 nitrogen and oxygen atoms in total. The predicted octanol–water partition coefficient (Wildman–Crippen LogP) is 1.19. The van der Waals surface area contributed by atoms with Crippen LogP contribution in [0.3, 0.4) is 0 Å². The molecule has 0 aromatic rings. The van der Waals surface area contributed by atoms with Crippen LogP contribution in [0.5, 0.6) is 0 Å². The van der Waals surface area contributed by atoms with Gasteiger partial charge in [0.2, 0.25) is 0 Å². The van der Waals surface area contributed by atoms with E-state index in [9.17, 15) is 24.0 Å². The van der Waals surface area contributed by atoms with E-state index >= 15 is 0 Å². The summed E-state index contributed by atoms with van der Waals surface area (Å²) in [6.07, 6.45) is -0.00552. The first-order chi connectivity index (χ1) is 14.3. The van der Waals surface area contributed by atoms with Gasteiger partial charge >= 0.3 is 24.1 Å². The standard InChI is InChI=1S/C10H14O5.C6H10O3.C3H6O.CO2.2CH4.H2O/c1-7(2)10(13)15-5-4-14-9(12)6-8(3)11;1-5(2)6(8)9-4-3-7;1-3(2)4;2-1-3;;;/h1,4-6H2,2-3H3;7H,1,3-4H2,2H3;1-2H3;;2*1H4;1H2. The first kappa shape index (κ1) is 48.1. The topological polar surface area (TPSA) is 199 Å². The summed E-state index contributed by atoms with van der Waals surface area (Å²) in [5.41, 5.74) is 0.633. The second-order valence-corrected chi connectivity index (χ2v) is 5.65. The van der Waals surface area contributed by atoms with Gasteiger partial charge in [-0.3, -0.25) is 9.59 Å². The van der Waals surface area contributed by atoms with Crippen molar-refractivity contribution < 1.29 is 58.4 Å². The third-order valence-corrected chi connectivity index (χ3v) is 1.99. The van der Waals surface area contributed by atoms with E-state index in [1.165, 1.54) is 27.7 Å². The quantitative estimate of drug-likeness (QED) is 0.158. The van der Waals surface area contributed by atoms with E-state index in [0.29, 0.717) is 5.57 Å². The molecule has 0 fully saturated rings. The summed E-state index contributed by atoms with van der Waals surface area (Å²) in [5, 5.41) is 8.19. The number of aliphatic hydroxyl groups excluding tert-OH is 1. The number of ether oxygens (including phenoxy) is 3. The Morgan fingerprint density at radius 1 is 0.735 bits per heavy atom. The molecule has 0 bridgehead atoms. The van der Waals surface area contributed by atoms with Gasteiger partial charge < -0.3 is 29.6 Å². The summed E-state index contributed by atoms with van der Waals surface area (Å²) < 4.78 is 13.7. The van der Waals surface area contributed by atoms with Crippen molar-refractivity contribution in [3.8, 4) is 0 Å². The van der Waals surface area contributed by atoms with E-state index in [4.69, 9.17) is 14.7 Å². The van der Waals surface area contributed by atoms with E-state index in [1.54, 1.807) is 6.92 Å². The highest BCUT2D eigenvalue weighted by Gasteiger charge is 2.07. The zero-order valence-corrected chi connectivity index (χ0v) is 19.0. The minimum atomic E-state index is -0.617. The lowest BCUT2D eigenvalue weighted by molar-refractivity contribution is -0.191. The Kier molecular flexibility index (Phi) is 48.3. The number of aliphatic hydroxyl groups is 1. The van der Waals surface area contributed by atoms with Gasteiger partial charge in [-0.2, -0.15) is 9.59 Å². The normalized spacial score (nSPS) is 7.35. The predicted molar refractivity (Wildman–Crippen MR) is 123 cm³/mol. The van der Waals surface area contributed by atoms with Crippen molar-refractivity contribution in [2.45, 2.75) is 55.9 Å². The lowest BCUT2D eigenvalue weighted by Crippen LogP contribution is -2.15. The van der Waals surface area contributed by atoms with Crippen molar-refractivity contribution in [2.24, 2.45) is 0 Å².